The molecule has 8 nitrogen and oxygen atoms in total. The molecule has 0 bridgehead atoms. The Morgan fingerprint density at radius 1 is 1.31 bits per heavy atom. The number of nitrogens with zero attached hydrogens (tertiary/aromatic N) is 3. The number of nitrogen functional groups attached to an aromatic ring is 1. The molecule has 0 saturated carbocycles. The fourth-order valence-electron chi connectivity index (χ4n) is 5.03. The monoisotopic (exact) mass is 579 g/mol. The number of alkyl halides is 3. The summed E-state index contributed by atoms with van der Waals surface area (Å²) in [7, 11) is 0. The highest BCUT2D eigenvalue weighted by molar-refractivity contribution is 8.21. The molecule has 3 unspecified atom stereocenters. The number of carbonyl (C=O) groups is 2. The summed E-state index contributed by atoms with van der Waals surface area (Å²) in [6.45, 7) is 4.33. The predicted molar refractivity (Wildman–Crippen MR) is 147 cm³/mol. The number of anilines is 1. The van der Waals surface area contributed by atoms with Crippen LogP contribution in [0.1, 0.15) is 30.9 Å². The Balaban J connectivity index is 1.30. The van der Waals surface area contributed by atoms with Crippen molar-refractivity contribution in [3.63, 3.8) is 0 Å². The van der Waals surface area contributed by atoms with Crippen LogP contribution >= 0.6 is 23.7 Å². The molecule has 2 aromatic rings. The molecular weight excluding hydrogens is 551 g/mol. The summed E-state index contributed by atoms with van der Waals surface area (Å²) >= 11 is 3.04. The van der Waals surface area contributed by atoms with E-state index in [1.807, 2.05) is 6.08 Å². The molecule has 4 heterocycles. The number of aromatic nitrogens is 1. The number of rotatable bonds is 8. The minimum Gasteiger partial charge on any atom is -0.480 e. The van der Waals surface area contributed by atoms with Gasteiger partial charge in [-0.15, -0.1) is 0 Å². The zero-order valence-corrected chi connectivity index (χ0v) is 22.7. The summed E-state index contributed by atoms with van der Waals surface area (Å²) in [6.07, 6.45) is 1.74. The van der Waals surface area contributed by atoms with Gasteiger partial charge in [-0.3, -0.25) is 9.69 Å². The second kappa shape index (κ2) is 11.0. The second-order valence-electron chi connectivity index (χ2n) is 9.83. The molecule has 3 aliphatic rings. The SMILES string of the molecule is CC1=CC=C(SNC2CCN(C(Cc3cc4ccnc(N)c4cc3C(F)(F)F)C(=O)O)C2=O)SC1N1CCC1. The Morgan fingerprint density at radius 2 is 2.08 bits per heavy atom. The summed E-state index contributed by atoms with van der Waals surface area (Å²) in [6, 6.07) is 1.62. The fraction of sp³-hybridized carbons (Fsp3) is 0.423. The van der Waals surface area contributed by atoms with Gasteiger partial charge in [-0.2, -0.15) is 13.2 Å². The minimum atomic E-state index is -4.74. The lowest BCUT2D eigenvalue weighted by Crippen LogP contribution is -2.46. The molecule has 0 spiro atoms. The first-order valence-electron chi connectivity index (χ1n) is 12.5. The molecule has 208 valence electrons. The standard InChI is InChI=1S/C26H28F3N5O3S2/c1-14-3-4-21(38-24(14)33-8-2-9-33)39-32-19-6-10-34(23(19)35)20(25(36)37)12-16-11-15-5-7-31-22(30)17(15)13-18(16)26(27,28)29/h3-5,7,11,13,19-20,24,32H,2,6,8-10,12H2,1H3,(H2,30,31)(H,36,37). The molecular formula is C26H28F3N5O3S2. The molecule has 1 aromatic carbocycles. The molecule has 0 radical (unpaired) electrons. The van der Waals surface area contributed by atoms with E-state index in [9.17, 15) is 27.9 Å². The summed E-state index contributed by atoms with van der Waals surface area (Å²) in [5, 5.41) is 10.8. The average molecular weight is 580 g/mol. The number of halogens is 3. The van der Waals surface area contributed by atoms with Crippen molar-refractivity contribution in [3.05, 3.63) is 57.5 Å². The van der Waals surface area contributed by atoms with Crippen LogP contribution in [0.25, 0.3) is 10.8 Å². The Bertz CT molecular complexity index is 1360. The lowest BCUT2D eigenvalue weighted by atomic mass is 9.95. The number of nitrogens with two attached hydrogens (primary N) is 1. The third kappa shape index (κ3) is 5.76. The first kappa shape index (κ1) is 27.8. The van der Waals surface area contributed by atoms with Gasteiger partial charge in [0.15, 0.2) is 0 Å². The lowest BCUT2D eigenvalue weighted by Gasteiger charge is -2.39. The van der Waals surface area contributed by atoms with Crippen molar-refractivity contribution in [2.75, 3.05) is 25.4 Å². The van der Waals surface area contributed by atoms with E-state index in [1.54, 1.807) is 11.8 Å². The molecule has 13 heteroatoms. The van der Waals surface area contributed by atoms with E-state index in [0.29, 0.717) is 11.8 Å². The van der Waals surface area contributed by atoms with Gasteiger partial charge in [0.2, 0.25) is 5.91 Å². The number of benzene rings is 1. The van der Waals surface area contributed by atoms with Crippen LogP contribution in [0.2, 0.25) is 0 Å². The van der Waals surface area contributed by atoms with E-state index in [0.717, 1.165) is 23.4 Å². The number of pyridine rings is 1. The van der Waals surface area contributed by atoms with Crippen LogP contribution in [0.15, 0.2) is 46.4 Å². The normalized spacial score (nSPS) is 23.0. The molecule has 3 aliphatic heterocycles. The third-order valence-electron chi connectivity index (χ3n) is 7.26. The first-order chi connectivity index (χ1) is 18.5. The zero-order chi connectivity index (χ0) is 27.9. The Kier molecular flexibility index (Phi) is 7.86. The quantitative estimate of drug-likeness (QED) is 0.396. The van der Waals surface area contributed by atoms with Crippen molar-refractivity contribution in [2.24, 2.45) is 0 Å². The Morgan fingerprint density at radius 3 is 2.74 bits per heavy atom. The van der Waals surface area contributed by atoms with Crippen LogP contribution in [0.3, 0.4) is 0 Å². The highest BCUT2D eigenvalue weighted by Crippen LogP contribution is 2.41. The van der Waals surface area contributed by atoms with Gasteiger partial charge in [-0.05, 0) is 66.4 Å². The minimum absolute atomic E-state index is 0.0476. The number of thioether (sulfide) groups is 1. The van der Waals surface area contributed by atoms with E-state index >= 15 is 0 Å². The van der Waals surface area contributed by atoms with E-state index in [1.165, 1.54) is 47.2 Å². The number of amides is 1. The molecule has 0 aliphatic carbocycles. The molecule has 5 rings (SSSR count). The molecule has 1 amide bonds. The van der Waals surface area contributed by atoms with Gasteiger partial charge in [0.25, 0.3) is 0 Å². The van der Waals surface area contributed by atoms with E-state index in [-0.39, 0.29) is 28.7 Å². The fourth-order valence-corrected chi connectivity index (χ4v) is 7.25. The van der Waals surface area contributed by atoms with Gasteiger partial charge >= 0.3 is 12.1 Å². The summed E-state index contributed by atoms with van der Waals surface area (Å²) in [5.41, 5.74) is 5.84. The van der Waals surface area contributed by atoms with Crippen LogP contribution in [-0.4, -0.2) is 68.9 Å². The average Bonchev–Trinajstić information content (AvgIpc) is 3.20. The Labute approximate surface area is 232 Å². The van der Waals surface area contributed by atoms with Crippen molar-refractivity contribution < 1.29 is 27.9 Å². The van der Waals surface area contributed by atoms with E-state index in [4.69, 9.17) is 5.73 Å². The number of aliphatic carboxylic acids is 1. The van der Waals surface area contributed by atoms with Crippen molar-refractivity contribution in [3.8, 4) is 0 Å². The van der Waals surface area contributed by atoms with Gasteiger partial charge in [-0.25, -0.2) is 14.5 Å². The zero-order valence-electron chi connectivity index (χ0n) is 21.1. The maximum atomic E-state index is 14.0. The number of allylic oxidation sites excluding steroid dienone is 2. The van der Waals surface area contributed by atoms with Crippen molar-refractivity contribution >= 4 is 52.2 Å². The second-order valence-corrected chi connectivity index (χ2v) is 12.1. The molecule has 3 atom stereocenters. The van der Waals surface area contributed by atoms with Crippen molar-refractivity contribution in [1.82, 2.24) is 19.5 Å². The molecule has 2 saturated heterocycles. The number of fused-ring (bicyclic) bond motifs is 1. The van der Waals surface area contributed by atoms with Crippen molar-refractivity contribution in [2.45, 2.75) is 49.8 Å². The van der Waals surface area contributed by atoms with Gasteiger partial charge in [0, 0.05) is 37.6 Å². The maximum absolute atomic E-state index is 14.0. The van der Waals surface area contributed by atoms with Crippen LogP contribution in [0, 0.1) is 0 Å². The van der Waals surface area contributed by atoms with Gasteiger partial charge < -0.3 is 15.7 Å². The number of likely N-dealkylation sites (tertiary alicyclic amines) is 2. The lowest BCUT2D eigenvalue weighted by molar-refractivity contribution is -0.149. The first-order valence-corrected chi connectivity index (χ1v) is 14.2. The van der Waals surface area contributed by atoms with Crippen molar-refractivity contribution in [1.29, 1.82) is 0 Å². The summed E-state index contributed by atoms with van der Waals surface area (Å²) in [5.74, 6) is -1.85. The molecule has 39 heavy (non-hydrogen) atoms. The van der Waals surface area contributed by atoms with Gasteiger partial charge in [0.1, 0.15) is 11.9 Å². The number of carboxylic acid groups (broad SMARTS) is 1. The topological polar surface area (TPSA) is 112 Å². The van der Waals surface area contributed by atoms with Gasteiger partial charge in [0.05, 0.1) is 21.2 Å². The van der Waals surface area contributed by atoms with Crippen LogP contribution in [-0.2, 0) is 22.2 Å². The number of nitrogens with one attached hydrogen (secondary N) is 1. The smallest absolute Gasteiger partial charge is 0.416 e. The molecule has 2 fully saturated rings. The number of hydrogen-bond acceptors (Lipinski definition) is 8. The highest BCUT2D eigenvalue weighted by Gasteiger charge is 2.41. The number of carboxylic acids is 1. The Hall–Kier alpha value is -2.74. The predicted octanol–water partition coefficient (Wildman–Crippen LogP) is 4.24. The highest BCUT2D eigenvalue weighted by atomic mass is 32.2. The van der Waals surface area contributed by atoms with Crippen LogP contribution in [0.4, 0.5) is 19.0 Å². The largest absolute Gasteiger partial charge is 0.480 e. The number of hydrogen-bond donors (Lipinski definition) is 3. The van der Waals surface area contributed by atoms with Crippen LogP contribution in [0.5, 0.6) is 0 Å². The maximum Gasteiger partial charge on any atom is 0.416 e. The molecule has 4 N–H and O–H groups in total. The van der Waals surface area contributed by atoms with Gasteiger partial charge in [-0.1, -0.05) is 23.9 Å². The summed E-state index contributed by atoms with van der Waals surface area (Å²) in [4.78, 5) is 32.9. The van der Waals surface area contributed by atoms with Crippen LogP contribution < -0.4 is 10.5 Å². The molecule has 1 aromatic heterocycles. The third-order valence-corrected chi connectivity index (χ3v) is 9.80. The van der Waals surface area contributed by atoms with E-state index < -0.39 is 42.1 Å². The number of carbonyl (C=O) groups excluding carboxylic acids is 1. The summed E-state index contributed by atoms with van der Waals surface area (Å²) < 4.78 is 46.1. The van der Waals surface area contributed by atoms with E-state index in [2.05, 4.69) is 27.6 Å².